The molecular formula is C15H22N2O3. The van der Waals surface area contributed by atoms with Crippen molar-refractivity contribution in [2.75, 3.05) is 32.6 Å². The predicted octanol–water partition coefficient (Wildman–Crippen LogP) is 2.97. The molecule has 5 heteroatoms. The van der Waals surface area contributed by atoms with Gasteiger partial charge in [-0.2, -0.15) is 0 Å². The lowest BCUT2D eigenvalue weighted by molar-refractivity contribution is 0.182. The van der Waals surface area contributed by atoms with E-state index >= 15 is 0 Å². The van der Waals surface area contributed by atoms with Crippen LogP contribution < -0.4 is 14.8 Å². The van der Waals surface area contributed by atoms with Crippen LogP contribution in [0.1, 0.15) is 19.8 Å². The van der Waals surface area contributed by atoms with E-state index in [-0.39, 0.29) is 6.03 Å². The molecule has 2 rings (SSSR count). The number of carbonyl (C=O) groups excluding carboxylic acids is 1. The SMILES string of the molecule is COc1ccc(NC(=O)N2CCCC(C)C2)cc1OC. The van der Waals surface area contributed by atoms with E-state index in [9.17, 15) is 4.79 Å². The predicted molar refractivity (Wildman–Crippen MR) is 78.5 cm³/mol. The third kappa shape index (κ3) is 3.35. The van der Waals surface area contributed by atoms with Crippen LogP contribution in [-0.4, -0.2) is 38.2 Å². The van der Waals surface area contributed by atoms with Crippen LogP contribution in [0.25, 0.3) is 0 Å². The fourth-order valence-electron chi connectivity index (χ4n) is 2.49. The number of methoxy groups -OCH3 is 2. The first-order valence-corrected chi connectivity index (χ1v) is 6.92. The van der Waals surface area contributed by atoms with Gasteiger partial charge in [0.15, 0.2) is 11.5 Å². The summed E-state index contributed by atoms with van der Waals surface area (Å²) in [6, 6.07) is 5.31. The van der Waals surface area contributed by atoms with Gasteiger partial charge in [-0.15, -0.1) is 0 Å². The number of likely N-dealkylation sites (tertiary alicyclic amines) is 1. The van der Waals surface area contributed by atoms with Gasteiger partial charge in [0, 0.05) is 24.8 Å². The van der Waals surface area contributed by atoms with Gasteiger partial charge >= 0.3 is 6.03 Å². The minimum absolute atomic E-state index is 0.0521. The average Bonchev–Trinajstić information content (AvgIpc) is 2.47. The summed E-state index contributed by atoms with van der Waals surface area (Å²) < 4.78 is 10.4. The van der Waals surface area contributed by atoms with E-state index in [0.29, 0.717) is 23.1 Å². The van der Waals surface area contributed by atoms with Crippen LogP contribution in [0.4, 0.5) is 10.5 Å². The molecule has 1 fully saturated rings. The van der Waals surface area contributed by atoms with E-state index in [0.717, 1.165) is 19.5 Å². The van der Waals surface area contributed by atoms with Crippen molar-refractivity contribution in [1.82, 2.24) is 4.90 Å². The lowest BCUT2D eigenvalue weighted by Crippen LogP contribution is -2.41. The standard InChI is InChI=1S/C15H22N2O3/c1-11-5-4-8-17(10-11)15(18)16-12-6-7-13(19-2)14(9-12)20-3/h6-7,9,11H,4-5,8,10H2,1-3H3,(H,16,18). The van der Waals surface area contributed by atoms with Crippen LogP contribution in [0.5, 0.6) is 11.5 Å². The zero-order valence-corrected chi connectivity index (χ0v) is 12.3. The number of piperidine rings is 1. The maximum atomic E-state index is 12.2. The highest BCUT2D eigenvalue weighted by atomic mass is 16.5. The van der Waals surface area contributed by atoms with Crippen LogP contribution in [-0.2, 0) is 0 Å². The first-order valence-electron chi connectivity index (χ1n) is 6.92. The minimum Gasteiger partial charge on any atom is -0.493 e. The van der Waals surface area contributed by atoms with Crippen molar-refractivity contribution in [1.29, 1.82) is 0 Å². The van der Waals surface area contributed by atoms with Crippen LogP contribution in [0.3, 0.4) is 0 Å². The molecule has 0 radical (unpaired) electrons. The van der Waals surface area contributed by atoms with Gasteiger partial charge < -0.3 is 19.7 Å². The number of rotatable bonds is 3. The second-order valence-electron chi connectivity index (χ2n) is 5.19. The van der Waals surface area contributed by atoms with E-state index in [1.54, 1.807) is 26.4 Å². The van der Waals surface area contributed by atoms with Crippen molar-refractivity contribution < 1.29 is 14.3 Å². The summed E-state index contributed by atoms with van der Waals surface area (Å²) in [5.41, 5.74) is 0.714. The summed E-state index contributed by atoms with van der Waals surface area (Å²) in [5.74, 6) is 1.83. The van der Waals surface area contributed by atoms with Gasteiger partial charge in [0.05, 0.1) is 14.2 Å². The monoisotopic (exact) mass is 278 g/mol. The molecule has 1 aromatic carbocycles. The smallest absolute Gasteiger partial charge is 0.321 e. The molecule has 0 bridgehead atoms. The quantitative estimate of drug-likeness (QED) is 0.924. The molecule has 0 spiro atoms. The number of amides is 2. The first-order chi connectivity index (χ1) is 9.63. The lowest BCUT2D eigenvalue weighted by Gasteiger charge is -2.31. The molecule has 0 aliphatic carbocycles. The molecule has 5 nitrogen and oxygen atoms in total. The molecule has 1 aliphatic heterocycles. The van der Waals surface area contributed by atoms with Gasteiger partial charge in [-0.3, -0.25) is 0 Å². The third-order valence-corrected chi connectivity index (χ3v) is 3.58. The van der Waals surface area contributed by atoms with Crippen molar-refractivity contribution in [3.63, 3.8) is 0 Å². The fraction of sp³-hybridized carbons (Fsp3) is 0.533. The van der Waals surface area contributed by atoms with Crippen LogP contribution in [0, 0.1) is 5.92 Å². The maximum Gasteiger partial charge on any atom is 0.321 e. The third-order valence-electron chi connectivity index (χ3n) is 3.58. The Morgan fingerprint density at radius 1 is 1.30 bits per heavy atom. The molecule has 0 aromatic heterocycles. The van der Waals surface area contributed by atoms with Gasteiger partial charge in [-0.05, 0) is 30.9 Å². The number of ether oxygens (including phenoxy) is 2. The average molecular weight is 278 g/mol. The first kappa shape index (κ1) is 14.5. The molecule has 20 heavy (non-hydrogen) atoms. The van der Waals surface area contributed by atoms with Crippen molar-refractivity contribution in [2.24, 2.45) is 5.92 Å². The second kappa shape index (κ2) is 6.50. The number of benzene rings is 1. The van der Waals surface area contributed by atoms with Crippen molar-refractivity contribution >= 4 is 11.7 Å². The summed E-state index contributed by atoms with van der Waals surface area (Å²) >= 11 is 0. The number of hydrogen-bond donors (Lipinski definition) is 1. The Labute approximate surface area is 119 Å². The van der Waals surface area contributed by atoms with Crippen molar-refractivity contribution in [3.8, 4) is 11.5 Å². The highest BCUT2D eigenvalue weighted by Gasteiger charge is 2.21. The maximum absolute atomic E-state index is 12.2. The summed E-state index contributed by atoms with van der Waals surface area (Å²) in [5, 5.41) is 2.91. The van der Waals surface area contributed by atoms with Gasteiger partial charge in [0.2, 0.25) is 0 Å². The summed E-state index contributed by atoms with van der Waals surface area (Å²) in [6.07, 6.45) is 2.26. The van der Waals surface area contributed by atoms with E-state index in [4.69, 9.17) is 9.47 Å². The zero-order chi connectivity index (χ0) is 14.5. The van der Waals surface area contributed by atoms with E-state index in [1.807, 2.05) is 11.0 Å². The number of nitrogens with one attached hydrogen (secondary N) is 1. The van der Waals surface area contributed by atoms with Gasteiger partial charge in [0.25, 0.3) is 0 Å². The Morgan fingerprint density at radius 2 is 2.05 bits per heavy atom. The molecule has 1 heterocycles. The van der Waals surface area contributed by atoms with Gasteiger partial charge in [-0.1, -0.05) is 6.92 Å². The molecule has 2 amide bonds. The molecule has 110 valence electrons. The minimum atomic E-state index is -0.0521. The Bertz CT molecular complexity index is 476. The molecule has 1 aromatic rings. The highest BCUT2D eigenvalue weighted by Crippen LogP contribution is 2.30. The number of urea groups is 1. The molecule has 1 saturated heterocycles. The second-order valence-corrected chi connectivity index (χ2v) is 5.19. The molecule has 1 aliphatic rings. The van der Waals surface area contributed by atoms with E-state index in [2.05, 4.69) is 12.2 Å². The number of hydrogen-bond acceptors (Lipinski definition) is 3. The van der Waals surface area contributed by atoms with Crippen LogP contribution in [0.2, 0.25) is 0 Å². The number of nitrogens with zero attached hydrogens (tertiary/aromatic N) is 1. The molecule has 1 N–H and O–H groups in total. The number of anilines is 1. The number of carbonyl (C=O) groups is 1. The molecule has 1 atom stereocenters. The highest BCUT2D eigenvalue weighted by molar-refractivity contribution is 5.89. The summed E-state index contributed by atoms with van der Waals surface area (Å²) in [7, 11) is 3.17. The Morgan fingerprint density at radius 3 is 2.70 bits per heavy atom. The van der Waals surface area contributed by atoms with Crippen molar-refractivity contribution in [2.45, 2.75) is 19.8 Å². The Hall–Kier alpha value is -1.91. The fourth-order valence-corrected chi connectivity index (χ4v) is 2.49. The molecular weight excluding hydrogens is 256 g/mol. The lowest BCUT2D eigenvalue weighted by atomic mass is 10.0. The zero-order valence-electron chi connectivity index (χ0n) is 12.3. The van der Waals surface area contributed by atoms with Crippen LogP contribution >= 0.6 is 0 Å². The summed E-state index contributed by atoms with van der Waals surface area (Å²) in [6.45, 7) is 3.82. The Kier molecular flexibility index (Phi) is 4.71. The normalized spacial score (nSPS) is 18.6. The van der Waals surface area contributed by atoms with E-state index < -0.39 is 0 Å². The molecule has 1 unspecified atom stereocenters. The van der Waals surface area contributed by atoms with Crippen LogP contribution in [0.15, 0.2) is 18.2 Å². The largest absolute Gasteiger partial charge is 0.493 e. The summed E-state index contributed by atoms with van der Waals surface area (Å²) in [4.78, 5) is 14.1. The Balaban J connectivity index is 2.03. The molecule has 0 saturated carbocycles. The van der Waals surface area contributed by atoms with Crippen molar-refractivity contribution in [3.05, 3.63) is 18.2 Å². The van der Waals surface area contributed by atoms with Gasteiger partial charge in [-0.25, -0.2) is 4.79 Å². The van der Waals surface area contributed by atoms with Gasteiger partial charge in [0.1, 0.15) is 0 Å². The van der Waals surface area contributed by atoms with E-state index in [1.165, 1.54) is 6.42 Å². The topological polar surface area (TPSA) is 50.8 Å².